The van der Waals surface area contributed by atoms with Crippen LogP contribution < -0.4 is 10.6 Å². The van der Waals surface area contributed by atoms with E-state index in [0.29, 0.717) is 5.70 Å². The molecular formula is C14H12N2O5. The van der Waals surface area contributed by atoms with E-state index >= 15 is 0 Å². The van der Waals surface area contributed by atoms with Crippen LogP contribution in [0, 0.1) is 0 Å². The lowest BCUT2D eigenvalue weighted by atomic mass is 9.83. The number of hydrogen-bond donors (Lipinski definition) is 3. The highest BCUT2D eigenvalue weighted by Gasteiger charge is 2.39. The predicted octanol–water partition coefficient (Wildman–Crippen LogP) is 0.905. The van der Waals surface area contributed by atoms with Gasteiger partial charge in [-0.15, -0.1) is 0 Å². The van der Waals surface area contributed by atoms with Crippen molar-refractivity contribution in [3.05, 3.63) is 59.0 Å². The van der Waals surface area contributed by atoms with E-state index in [2.05, 4.69) is 15.4 Å². The Kier molecular flexibility index (Phi) is 3.02. The number of carbonyl (C=O) groups excluding carboxylic acids is 1. The predicted molar refractivity (Wildman–Crippen MR) is 71.6 cm³/mol. The molecule has 0 aromatic carbocycles. The normalized spacial score (nSPS) is 22.8. The number of ether oxygens (including phenoxy) is 2. The molecule has 1 aliphatic carbocycles. The van der Waals surface area contributed by atoms with Crippen molar-refractivity contribution in [3.8, 4) is 0 Å². The second-order valence-electron chi connectivity index (χ2n) is 4.45. The van der Waals surface area contributed by atoms with Crippen molar-refractivity contribution in [3.63, 3.8) is 0 Å². The first-order chi connectivity index (χ1) is 10.1. The van der Waals surface area contributed by atoms with E-state index < -0.39 is 12.2 Å². The van der Waals surface area contributed by atoms with Gasteiger partial charge in [-0.2, -0.15) is 0 Å². The van der Waals surface area contributed by atoms with Crippen LogP contribution in [0.5, 0.6) is 0 Å². The largest absolute Gasteiger partial charge is 0.512 e. The zero-order valence-electron chi connectivity index (χ0n) is 11.0. The van der Waals surface area contributed by atoms with E-state index in [0.717, 1.165) is 11.1 Å². The van der Waals surface area contributed by atoms with Crippen molar-refractivity contribution in [2.24, 2.45) is 0 Å². The van der Waals surface area contributed by atoms with Crippen molar-refractivity contribution < 1.29 is 24.2 Å². The number of fused-ring (bicyclic) bond motifs is 3. The molecule has 0 aromatic heterocycles. The summed E-state index contributed by atoms with van der Waals surface area (Å²) in [5.41, 5.74) is 2.15. The molecule has 3 aliphatic rings. The van der Waals surface area contributed by atoms with Gasteiger partial charge >= 0.3 is 6.16 Å². The van der Waals surface area contributed by atoms with Crippen LogP contribution in [0.3, 0.4) is 0 Å². The molecule has 0 amide bonds. The summed E-state index contributed by atoms with van der Waals surface area (Å²) in [6, 6.07) is -0.734. The van der Waals surface area contributed by atoms with E-state index in [1.807, 2.05) is 12.2 Å². The zero-order valence-corrected chi connectivity index (χ0v) is 11.0. The second-order valence-corrected chi connectivity index (χ2v) is 4.45. The lowest BCUT2D eigenvalue weighted by molar-refractivity contribution is -0.120. The van der Waals surface area contributed by atoms with Gasteiger partial charge in [0.1, 0.15) is 6.04 Å². The Labute approximate surface area is 119 Å². The fraction of sp³-hybridized carbons (Fsp3) is 0.143. The average molecular weight is 288 g/mol. The minimum atomic E-state index is -1.45. The summed E-state index contributed by atoms with van der Waals surface area (Å²) in [5.74, 6) is -0.0986. The number of ketones is 1. The summed E-state index contributed by atoms with van der Waals surface area (Å²) >= 11 is 0. The molecule has 2 aliphatic heterocycles. The Morgan fingerprint density at radius 3 is 2.86 bits per heavy atom. The summed E-state index contributed by atoms with van der Waals surface area (Å²) in [6.07, 6.45) is 7.06. The number of carbonyl (C=O) groups is 2. The Balaban J connectivity index is 2.05. The first-order valence-electron chi connectivity index (χ1n) is 6.17. The van der Waals surface area contributed by atoms with Gasteiger partial charge in [-0.05, 0) is 17.7 Å². The summed E-state index contributed by atoms with van der Waals surface area (Å²) in [7, 11) is 1.42. The monoisotopic (exact) mass is 288 g/mol. The molecule has 3 N–H and O–H groups in total. The molecule has 0 aromatic rings. The number of methoxy groups -OCH3 is 1. The summed E-state index contributed by atoms with van der Waals surface area (Å²) < 4.78 is 9.74. The molecule has 0 spiro atoms. The van der Waals surface area contributed by atoms with Crippen LogP contribution in [0.25, 0.3) is 0 Å². The third kappa shape index (κ3) is 2.08. The van der Waals surface area contributed by atoms with Gasteiger partial charge in [0.2, 0.25) is 11.7 Å². The highest BCUT2D eigenvalue weighted by molar-refractivity contribution is 6.05. The van der Waals surface area contributed by atoms with Crippen LogP contribution >= 0.6 is 0 Å². The van der Waals surface area contributed by atoms with Gasteiger partial charge in [0.15, 0.2) is 5.76 Å². The molecule has 21 heavy (non-hydrogen) atoms. The van der Waals surface area contributed by atoms with Crippen molar-refractivity contribution in [2.75, 3.05) is 7.11 Å². The van der Waals surface area contributed by atoms with E-state index in [1.54, 1.807) is 12.3 Å². The lowest BCUT2D eigenvalue weighted by Crippen LogP contribution is -2.46. The topological polar surface area (TPSA) is 96.9 Å². The van der Waals surface area contributed by atoms with Crippen LogP contribution in [-0.2, 0) is 14.3 Å². The highest BCUT2D eigenvalue weighted by atomic mass is 16.7. The zero-order chi connectivity index (χ0) is 15.0. The molecular weight excluding hydrogens is 276 g/mol. The van der Waals surface area contributed by atoms with Crippen LogP contribution in [0.4, 0.5) is 4.79 Å². The summed E-state index contributed by atoms with van der Waals surface area (Å²) in [6.45, 7) is 0. The van der Waals surface area contributed by atoms with E-state index in [-0.39, 0.29) is 17.4 Å². The molecule has 3 rings (SSSR count). The smallest absolute Gasteiger partial charge is 0.491 e. The molecule has 0 radical (unpaired) electrons. The molecule has 108 valence electrons. The van der Waals surface area contributed by atoms with Crippen molar-refractivity contribution >= 4 is 11.9 Å². The SMILES string of the molecule is COC1=C2NC=CC=C2C2=CC=C(OC(=O)O)NC2C1=O. The van der Waals surface area contributed by atoms with Gasteiger partial charge in [-0.25, -0.2) is 4.79 Å². The van der Waals surface area contributed by atoms with Gasteiger partial charge in [-0.3, -0.25) is 4.79 Å². The average Bonchev–Trinajstić information content (AvgIpc) is 2.47. The maximum atomic E-state index is 12.5. The van der Waals surface area contributed by atoms with E-state index in [1.165, 1.54) is 13.2 Å². The minimum Gasteiger partial charge on any atom is -0.491 e. The summed E-state index contributed by atoms with van der Waals surface area (Å²) in [4.78, 5) is 23.1. The van der Waals surface area contributed by atoms with Crippen molar-refractivity contribution in [1.29, 1.82) is 0 Å². The molecule has 1 atom stereocenters. The molecule has 7 heteroatoms. The van der Waals surface area contributed by atoms with Gasteiger partial charge in [0, 0.05) is 11.8 Å². The van der Waals surface area contributed by atoms with E-state index in [4.69, 9.17) is 9.84 Å². The minimum absolute atomic E-state index is 0.00316. The fourth-order valence-corrected chi connectivity index (χ4v) is 2.46. The Bertz CT molecular complexity index is 681. The fourth-order valence-electron chi connectivity index (χ4n) is 2.46. The standard InChI is InChI=1S/C14H12N2O5/c1-20-13-11-7(3-2-6-15-11)8-4-5-9(21-14(18)19)16-10(8)12(13)17/h2-6,10,15-16H,1H3,(H,18,19). The maximum Gasteiger partial charge on any atom is 0.512 e. The summed E-state index contributed by atoms with van der Waals surface area (Å²) in [5, 5.41) is 14.4. The molecule has 2 heterocycles. The van der Waals surface area contributed by atoms with Crippen molar-refractivity contribution in [1.82, 2.24) is 10.6 Å². The number of hydrogen-bond acceptors (Lipinski definition) is 6. The van der Waals surface area contributed by atoms with Crippen LogP contribution in [0.15, 0.2) is 59.0 Å². The van der Waals surface area contributed by atoms with Gasteiger partial charge in [-0.1, -0.05) is 12.2 Å². The number of nitrogens with one attached hydrogen (secondary N) is 2. The Morgan fingerprint density at radius 2 is 2.14 bits per heavy atom. The van der Waals surface area contributed by atoms with Crippen LogP contribution in [-0.4, -0.2) is 30.2 Å². The number of dihydropyridines is 2. The first-order valence-corrected chi connectivity index (χ1v) is 6.17. The van der Waals surface area contributed by atoms with Gasteiger partial charge < -0.3 is 25.2 Å². The Hall–Kier alpha value is -2.96. The number of carboxylic acid groups (broad SMARTS) is 1. The molecule has 0 saturated carbocycles. The molecule has 0 saturated heterocycles. The maximum absolute atomic E-state index is 12.5. The molecule has 7 nitrogen and oxygen atoms in total. The molecule has 1 unspecified atom stereocenters. The molecule has 0 bridgehead atoms. The quantitative estimate of drug-likeness (QED) is 0.650. The lowest BCUT2D eigenvalue weighted by Gasteiger charge is -2.33. The van der Waals surface area contributed by atoms with Gasteiger partial charge in [0.05, 0.1) is 12.8 Å². The number of allylic oxidation sites excluding steroid dienone is 5. The van der Waals surface area contributed by atoms with E-state index in [9.17, 15) is 9.59 Å². The van der Waals surface area contributed by atoms with Gasteiger partial charge in [0.25, 0.3) is 0 Å². The third-order valence-corrected chi connectivity index (χ3v) is 3.29. The third-order valence-electron chi connectivity index (χ3n) is 3.29. The first kappa shape index (κ1) is 13.0. The Morgan fingerprint density at radius 1 is 1.33 bits per heavy atom. The molecule has 0 fully saturated rings. The van der Waals surface area contributed by atoms with Crippen molar-refractivity contribution in [2.45, 2.75) is 6.04 Å². The number of Topliss-reactive ketones (excluding diaryl/α,β-unsaturated/α-hetero) is 1. The van der Waals surface area contributed by atoms with Crippen LogP contribution in [0.1, 0.15) is 0 Å². The number of rotatable bonds is 2. The second kappa shape index (κ2) is 4.86. The highest BCUT2D eigenvalue weighted by Crippen LogP contribution is 2.34. The van der Waals surface area contributed by atoms with Crippen LogP contribution in [0.2, 0.25) is 0 Å².